The molecule has 7 heteroatoms. The molecule has 0 saturated carbocycles. The van der Waals surface area contributed by atoms with Crippen LogP contribution in [-0.2, 0) is 20.0 Å². The SMILES string of the molecule is CC(C)(C)c1ccc(S(=O)(=O)[C@@H]2C(=O)N[C@@]3(C)C[C@H]2c2cc(Br)ccc2O3)cc1. The maximum atomic E-state index is 13.5. The summed E-state index contributed by atoms with van der Waals surface area (Å²) in [4.78, 5) is 13.1. The summed E-state index contributed by atoms with van der Waals surface area (Å²) in [7, 11) is -3.89. The van der Waals surface area contributed by atoms with Gasteiger partial charge in [0.25, 0.3) is 0 Å². The molecule has 1 N–H and O–H groups in total. The summed E-state index contributed by atoms with van der Waals surface area (Å²) in [5.41, 5.74) is 0.784. The molecule has 154 valence electrons. The fourth-order valence-corrected chi connectivity index (χ4v) is 6.43. The first-order valence-electron chi connectivity index (χ1n) is 9.56. The van der Waals surface area contributed by atoms with Crippen LogP contribution < -0.4 is 10.1 Å². The molecule has 0 unspecified atom stereocenters. The normalized spacial score (nSPS) is 26.3. The second-order valence-electron chi connectivity index (χ2n) is 9.05. The van der Waals surface area contributed by atoms with Crippen molar-refractivity contribution >= 4 is 31.7 Å². The minimum Gasteiger partial charge on any atom is -0.468 e. The van der Waals surface area contributed by atoms with Gasteiger partial charge in [0.15, 0.2) is 20.8 Å². The first-order valence-corrected chi connectivity index (χ1v) is 11.9. The van der Waals surface area contributed by atoms with Gasteiger partial charge < -0.3 is 10.1 Å². The zero-order valence-corrected chi connectivity index (χ0v) is 19.2. The van der Waals surface area contributed by atoms with Crippen LogP contribution in [0.1, 0.15) is 51.2 Å². The number of ether oxygens (including phenoxy) is 1. The highest BCUT2D eigenvalue weighted by Gasteiger charge is 2.54. The molecule has 5 nitrogen and oxygen atoms in total. The molecule has 0 radical (unpaired) electrons. The molecule has 2 aliphatic rings. The van der Waals surface area contributed by atoms with Crippen LogP contribution in [0.15, 0.2) is 51.8 Å². The molecular formula is C22H24BrNO4S. The Kier molecular flexibility index (Phi) is 4.63. The zero-order chi connectivity index (χ0) is 21.2. The van der Waals surface area contributed by atoms with Crippen molar-refractivity contribution in [1.82, 2.24) is 5.32 Å². The van der Waals surface area contributed by atoms with Gasteiger partial charge >= 0.3 is 0 Å². The van der Waals surface area contributed by atoms with Crippen LogP contribution in [0.2, 0.25) is 0 Å². The Bertz CT molecular complexity index is 1090. The summed E-state index contributed by atoms with van der Waals surface area (Å²) in [5, 5.41) is 1.59. The molecule has 2 bridgehead atoms. The number of hydrogen-bond donors (Lipinski definition) is 1. The maximum Gasteiger partial charge on any atom is 0.242 e. The van der Waals surface area contributed by atoms with E-state index in [4.69, 9.17) is 4.74 Å². The molecule has 0 aliphatic carbocycles. The van der Waals surface area contributed by atoms with Gasteiger partial charge in [0.05, 0.1) is 4.90 Å². The van der Waals surface area contributed by atoms with Gasteiger partial charge in [0.2, 0.25) is 5.91 Å². The lowest BCUT2D eigenvalue weighted by Gasteiger charge is -2.46. The number of rotatable bonds is 2. The second kappa shape index (κ2) is 6.57. The van der Waals surface area contributed by atoms with E-state index < -0.39 is 32.6 Å². The highest BCUT2D eigenvalue weighted by atomic mass is 79.9. The van der Waals surface area contributed by atoms with Crippen LogP contribution in [0.4, 0.5) is 0 Å². The van der Waals surface area contributed by atoms with E-state index in [2.05, 4.69) is 42.0 Å². The molecule has 1 saturated heterocycles. The maximum absolute atomic E-state index is 13.5. The Morgan fingerprint density at radius 2 is 1.79 bits per heavy atom. The number of carbonyl (C=O) groups is 1. The van der Waals surface area contributed by atoms with Crippen LogP contribution in [0.5, 0.6) is 5.75 Å². The summed E-state index contributed by atoms with van der Waals surface area (Å²) in [6, 6.07) is 12.4. The van der Waals surface area contributed by atoms with Gasteiger partial charge in [0, 0.05) is 22.4 Å². The van der Waals surface area contributed by atoms with Crippen molar-refractivity contribution in [2.75, 3.05) is 0 Å². The fourth-order valence-electron chi connectivity index (χ4n) is 4.23. The van der Waals surface area contributed by atoms with E-state index in [-0.39, 0.29) is 10.3 Å². The highest BCUT2D eigenvalue weighted by molar-refractivity contribution is 9.10. The van der Waals surface area contributed by atoms with Gasteiger partial charge in [0.1, 0.15) is 5.75 Å². The Balaban J connectivity index is 1.80. The van der Waals surface area contributed by atoms with Crippen LogP contribution in [-0.4, -0.2) is 25.3 Å². The predicted molar refractivity (Wildman–Crippen MR) is 115 cm³/mol. The number of nitrogens with one attached hydrogen (secondary N) is 1. The third kappa shape index (κ3) is 3.48. The summed E-state index contributed by atoms with van der Waals surface area (Å²) < 4.78 is 33.9. The minimum absolute atomic E-state index is 0.0851. The standard InChI is InChI=1S/C22H24BrNO4S/c1-21(2,3)13-5-8-15(9-6-13)29(26,27)19-17-12-22(4,24-20(19)25)28-18-10-7-14(23)11-16(17)18/h5-11,17,19H,12H2,1-4H3,(H,24,25)/t17-,19-,22+/m0/s1. The molecule has 0 aromatic heterocycles. The van der Waals surface area contributed by atoms with Crippen molar-refractivity contribution < 1.29 is 17.9 Å². The number of hydrogen-bond acceptors (Lipinski definition) is 4. The van der Waals surface area contributed by atoms with Crippen LogP contribution in [0, 0.1) is 0 Å². The number of benzene rings is 2. The quantitative estimate of drug-likeness (QED) is 0.699. The lowest BCUT2D eigenvalue weighted by Crippen LogP contribution is -2.63. The molecule has 2 aromatic carbocycles. The molecule has 2 aromatic rings. The third-order valence-corrected chi connectivity index (χ3v) is 8.34. The van der Waals surface area contributed by atoms with Gasteiger partial charge in [-0.25, -0.2) is 8.42 Å². The zero-order valence-electron chi connectivity index (χ0n) is 16.8. The molecule has 2 aliphatic heterocycles. The number of halogens is 1. The van der Waals surface area contributed by atoms with Crippen molar-refractivity contribution in [3.8, 4) is 5.75 Å². The van der Waals surface area contributed by atoms with Crippen molar-refractivity contribution in [2.24, 2.45) is 0 Å². The van der Waals surface area contributed by atoms with Gasteiger partial charge in [-0.15, -0.1) is 0 Å². The van der Waals surface area contributed by atoms with E-state index in [0.29, 0.717) is 12.2 Å². The Morgan fingerprint density at radius 3 is 2.41 bits per heavy atom. The molecule has 0 spiro atoms. The molecule has 29 heavy (non-hydrogen) atoms. The lowest BCUT2D eigenvalue weighted by atomic mass is 9.81. The van der Waals surface area contributed by atoms with Gasteiger partial charge in [-0.2, -0.15) is 0 Å². The average molecular weight is 478 g/mol. The van der Waals surface area contributed by atoms with Crippen molar-refractivity contribution in [3.05, 3.63) is 58.1 Å². The molecule has 2 heterocycles. The second-order valence-corrected chi connectivity index (χ2v) is 12.0. The number of carbonyl (C=O) groups excluding carboxylic acids is 1. The van der Waals surface area contributed by atoms with Crippen molar-refractivity contribution in [3.63, 3.8) is 0 Å². The molecule has 1 fully saturated rings. The van der Waals surface area contributed by atoms with E-state index in [1.54, 1.807) is 19.1 Å². The third-order valence-electron chi connectivity index (χ3n) is 5.71. The summed E-state index contributed by atoms with van der Waals surface area (Å²) in [5.74, 6) is -0.396. The Hall–Kier alpha value is -1.86. The number of piperidine rings is 1. The molecule has 4 rings (SSSR count). The number of fused-ring (bicyclic) bond motifs is 4. The Labute approximate surface area is 179 Å². The van der Waals surface area contributed by atoms with Crippen molar-refractivity contribution in [2.45, 2.75) is 61.3 Å². The monoisotopic (exact) mass is 477 g/mol. The van der Waals surface area contributed by atoms with Gasteiger partial charge in [-0.1, -0.05) is 48.8 Å². The van der Waals surface area contributed by atoms with E-state index in [9.17, 15) is 13.2 Å². The Morgan fingerprint density at radius 1 is 1.14 bits per heavy atom. The number of sulfone groups is 1. The largest absolute Gasteiger partial charge is 0.468 e. The topological polar surface area (TPSA) is 72.5 Å². The highest BCUT2D eigenvalue weighted by Crippen LogP contribution is 2.47. The molecular weight excluding hydrogens is 454 g/mol. The fraction of sp³-hybridized carbons (Fsp3) is 0.409. The number of amides is 1. The summed E-state index contributed by atoms with van der Waals surface area (Å²) >= 11 is 3.44. The van der Waals surface area contributed by atoms with Crippen molar-refractivity contribution in [1.29, 1.82) is 0 Å². The minimum atomic E-state index is -3.89. The van der Waals surface area contributed by atoms with Crippen LogP contribution >= 0.6 is 15.9 Å². The van der Waals surface area contributed by atoms with Crippen LogP contribution in [0.3, 0.4) is 0 Å². The summed E-state index contributed by atoms with van der Waals surface area (Å²) in [6.45, 7) is 8.00. The first kappa shape index (κ1) is 20.4. The average Bonchev–Trinajstić information content (AvgIpc) is 2.61. The predicted octanol–water partition coefficient (Wildman–Crippen LogP) is 4.30. The lowest BCUT2D eigenvalue weighted by molar-refractivity contribution is -0.132. The van der Waals surface area contributed by atoms with Crippen LogP contribution in [0.25, 0.3) is 0 Å². The molecule has 3 atom stereocenters. The van der Waals surface area contributed by atoms with Gasteiger partial charge in [-0.05, 0) is 48.2 Å². The summed E-state index contributed by atoms with van der Waals surface area (Å²) in [6.07, 6.45) is 0.395. The molecule has 1 amide bonds. The van der Waals surface area contributed by atoms with E-state index in [0.717, 1.165) is 15.6 Å². The van der Waals surface area contributed by atoms with Gasteiger partial charge in [-0.3, -0.25) is 4.79 Å². The van der Waals surface area contributed by atoms with E-state index >= 15 is 0 Å². The van der Waals surface area contributed by atoms with E-state index in [1.165, 1.54) is 0 Å². The first-order chi connectivity index (χ1) is 13.4. The van der Waals surface area contributed by atoms with E-state index in [1.807, 2.05) is 30.3 Å². The smallest absolute Gasteiger partial charge is 0.242 e.